The predicted molar refractivity (Wildman–Crippen MR) is 121 cm³/mol. The lowest BCUT2D eigenvalue weighted by Crippen LogP contribution is -2.28. The minimum atomic E-state index is -0.143. The van der Waals surface area contributed by atoms with E-state index in [1.807, 2.05) is 53.4 Å². The zero-order valence-electron chi connectivity index (χ0n) is 17.1. The number of nitrogens with one attached hydrogen (secondary N) is 1. The van der Waals surface area contributed by atoms with Gasteiger partial charge in [0.2, 0.25) is 17.7 Å². The summed E-state index contributed by atoms with van der Waals surface area (Å²) in [5.41, 5.74) is 3.14. The molecule has 3 aromatic heterocycles. The summed E-state index contributed by atoms with van der Waals surface area (Å²) in [6, 6.07) is 21.8. The molecular formula is C24H19N5O2S. The molecule has 0 spiro atoms. The number of nitrogens with zero attached hydrogens (tertiary/aromatic N) is 4. The smallest absolute Gasteiger partial charge is 0.229 e. The third-order valence-corrected chi connectivity index (χ3v) is 5.92. The molecule has 0 aliphatic heterocycles. The van der Waals surface area contributed by atoms with Crippen molar-refractivity contribution in [3.8, 4) is 11.1 Å². The number of carbonyl (C=O) groups is 1. The van der Waals surface area contributed by atoms with Gasteiger partial charge in [0, 0.05) is 25.5 Å². The number of carbonyl (C=O) groups excluding carboxylic acids is 1. The fourth-order valence-electron chi connectivity index (χ4n) is 3.36. The van der Waals surface area contributed by atoms with Gasteiger partial charge in [-0.1, -0.05) is 18.2 Å². The number of amides is 1. The fourth-order valence-corrected chi connectivity index (χ4v) is 4.36. The van der Waals surface area contributed by atoms with Crippen molar-refractivity contribution in [2.24, 2.45) is 0 Å². The van der Waals surface area contributed by atoms with E-state index in [0.717, 1.165) is 26.4 Å². The summed E-state index contributed by atoms with van der Waals surface area (Å²) in [7, 11) is 0. The van der Waals surface area contributed by atoms with E-state index in [1.54, 1.807) is 11.3 Å². The standard InChI is InChI=1S/C24H19N5O2S/c30-21(25-10-13-29-11-4-5-12-29)15-22-27-28-23(31-22)16-24-26-19-9-8-18(14-20(19)32-24)17-6-2-1-3-7-17/h2,4-9,11-12,14H,10,13,15-16H2,(H,25,30). The van der Waals surface area contributed by atoms with E-state index in [1.165, 1.54) is 0 Å². The van der Waals surface area contributed by atoms with Crippen molar-refractivity contribution in [1.29, 1.82) is 0 Å². The topological polar surface area (TPSA) is 85.8 Å². The number of benzene rings is 1. The first-order valence-electron chi connectivity index (χ1n) is 10.2. The molecule has 0 saturated heterocycles. The molecule has 1 amide bonds. The highest BCUT2D eigenvalue weighted by Crippen LogP contribution is 2.28. The van der Waals surface area contributed by atoms with Crippen LogP contribution in [0.15, 0.2) is 65.3 Å². The Morgan fingerprint density at radius 3 is 2.81 bits per heavy atom. The molecule has 158 valence electrons. The summed E-state index contributed by atoms with van der Waals surface area (Å²) < 4.78 is 8.76. The van der Waals surface area contributed by atoms with Gasteiger partial charge >= 0.3 is 0 Å². The maximum atomic E-state index is 12.1. The van der Waals surface area contributed by atoms with Gasteiger partial charge in [-0.3, -0.25) is 4.79 Å². The molecule has 7 nitrogen and oxygen atoms in total. The molecule has 1 N–H and O–H groups in total. The Morgan fingerprint density at radius 1 is 1.09 bits per heavy atom. The Bertz CT molecular complexity index is 1330. The van der Waals surface area contributed by atoms with Gasteiger partial charge in [-0.05, 0) is 53.6 Å². The van der Waals surface area contributed by atoms with E-state index in [0.29, 0.717) is 31.3 Å². The number of hydrogen-bond acceptors (Lipinski definition) is 6. The van der Waals surface area contributed by atoms with E-state index >= 15 is 0 Å². The van der Waals surface area contributed by atoms with Crippen LogP contribution < -0.4 is 5.32 Å². The number of aromatic nitrogens is 4. The van der Waals surface area contributed by atoms with Gasteiger partial charge in [-0.25, -0.2) is 4.98 Å². The Hall–Kier alpha value is -3.96. The van der Waals surface area contributed by atoms with Crippen LogP contribution in [-0.4, -0.2) is 32.2 Å². The molecule has 5 aromatic rings. The van der Waals surface area contributed by atoms with Gasteiger partial charge in [-0.15, -0.1) is 21.5 Å². The summed E-state index contributed by atoms with van der Waals surface area (Å²) in [5.74, 6) is 0.613. The molecule has 0 aliphatic rings. The van der Waals surface area contributed by atoms with Crippen LogP contribution in [0.3, 0.4) is 0 Å². The van der Waals surface area contributed by atoms with Crippen LogP contribution in [0.4, 0.5) is 0 Å². The second-order valence-corrected chi connectivity index (χ2v) is 8.34. The van der Waals surface area contributed by atoms with Crippen molar-refractivity contribution in [2.45, 2.75) is 19.4 Å². The van der Waals surface area contributed by atoms with Gasteiger partial charge in [0.1, 0.15) is 11.4 Å². The van der Waals surface area contributed by atoms with Crippen molar-refractivity contribution in [2.75, 3.05) is 6.54 Å². The average Bonchev–Trinajstić information content (AvgIpc) is 3.55. The lowest BCUT2D eigenvalue weighted by atomic mass is 10.1. The third-order valence-electron chi connectivity index (χ3n) is 4.90. The Labute approximate surface area is 188 Å². The van der Waals surface area contributed by atoms with Crippen LogP contribution in [0.25, 0.3) is 21.3 Å². The molecule has 3 heterocycles. The zero-order valence-corrected chi connectivity index (χ0v) is 17.9. The largest absolute Gasteiger partial charge is 0.424 e. The molecule has 0 saturated carbocycles. The molecule has 0 unspecified atom stereocenters. The normalized spacial score (nSPS) is 10.9. The zero-order chi connectivity index (χ0) is 21.8. The van der Waals surface area contributed by atoms with E-state index in [-0.39, 0.29) is 12.3 Å². The molecule has 32 heavy (non-hydrogen) atoms. The molecular weight excluding hydrogens is 422 g/mol. The first-order valence-corrected chi connectivity index (χ1v) is 11.0. The maximum Gasteiger partial charge on any atom is 0.229 e. The minimum absolute atomic E-state index is 0.0629. The number of rotatable bonds is 8. The molecule has 0 fully saturated rings. The fraction of sp³-hybridized carbons (Fsp3) is 0.167. The Balaban J connectivity index is 1.20. The van der Waals surface area contributed by atoms with Crippen molar-refractivity contribution < 1.29 is 9.21 Å². The van der Waals surface area contributed by atoms with Crippen molar-refractivity contribution in [3.63, 3.8) is 0 Å². The first-order chi connectivity index (χ1) is 15.7. The summed E-state index contributed by atoms with van der Waals surface area (Å²) in [6.07, 6.45) is 4.41. The Morgan fingerprint density at radius 2 is 1.97 bits per heavy atom. The second kappa shape index (κ2) is 9.04. The molecule has 0 radical (unpaired) electrons. The van der Waals surface area contributed by atoms with Crippen molar-refractivity contribution in [1.82, 2.24) is 25.1 Å². The van der Waals surface area contributed by atoms with E-state index in [2.05, 4.69) is 44.8 Å². The highest BCUT2D eigenvalue weighted by Gasteiger charge is 2.14. The van der Waals surface area contributed by atoms with Crippen LogP contribution in [0, 0.1) is 12.1 Å². The number of thiazole rings is 1. The second-order valence-electron chi connectivity index (χ2n) is 7.23. The number of hydrogen-bond donors (Lipinski definition) is 1. The summed E-state index contributed by atoms with van der Waals surface area (Å²) in [4.78, 5) is 16.8. The monoisotopic (exact) mass is 441 g/mol. The summed E-state index contributed by atoms with van der Waals surface area (Å²) in [6.45, 7) is 1.26. The minimum Gasteiger partial charge on any atom is -0.424 e. The SMILES string of the molecule is O=C(Cc1nnc(Cc2nc3ccc(-c4cc#ccc4)cc3s2)o1)NCCn1cccc1. The number of fused-ring (bicyclic) bond motifs is 1. The first kappa shape index (κ1) is 20.0. The van der Waals surface area contributed by atoms with Crippen LogP contribution in [0.1, 0.15) is 16.8 Å². The highest BCUT2D eigenvalue weighted by molar-refractivity contribution is 7.18. The van der Waals surface area contributed by atoms with Gasteiger partial charge in [0.05, 0.1) is 16.6 Å². The highest BCUT2D eigenvalue weighted by atomic mass is 32.1. The summed E-state index contributed by atoms with van der Waals surface area (Å²) >= 11 is 1.60. The lowest BCUT2D eigenvalue weighted by Gasteiger charge is -2.04. The Kier molecular flexibility index (Phi) is 5.64. The van der Waals surface area contributed by atoms with Gasteiger partial charge in [0.25, 0.3) is 0 Å². The van der Waals surface area contributed by atoms with E-state index in [9.17, 15) is 4.79 Å². The summed E-state index contributed by atoms with van der Waals surface area (Å²) in [5, 5.41) is 11.8. The molecule has 5 rings (SSSR count). The van der Waals surface area contributed by atoms with Gasteiger partial charge < -0.3 is 14.3 Å². The van der Waals surface area contributed by atoms with Crippen LogP contribution >= 0.6 is 11.3 Å². The van der Waals surface area contributed by atoms with Crippen molar-refractivity contribution in [3.05, 3.63) is 89.8 Å². The quantitative estimate of drug-likeness (QED) is 0.397. The van der Waals surface area contributed by atoms with E-state index < -0.39 is 0 Å². The molecule has 0 bridgehead atoms. The van der Waals surface area contributed by atoms with Crippen LogP contribution in [-0.2, 0) is 24.2 Å². The van der Waals surface area contributed by atoms with Crippen molar-refractivity contribution >= 4 is 27.5 Å². The van der Waals surface area contributed by atoms with Crippen LogP contribution in [0.5, 0.6) is 0 Å². The maximum absolute atomic E-state index is 12.1. The molecule has 0 aliphatic carbocycles. The third kappa shape index (κ3) is 4.68. The van der Waals surface area contributed by atoms with Gasteiger partial charge in [-0.2, -0.15) is 0 Å². The molecule has 2 aromatic carbocycles. The predicted octanol–water partition coefficient (Wildman–Crippen LogP) is 3.70. The average molecular weight is 442 g/mol. The van der Waals surface area contributed by atoms with Crippen LogP contribution in [0.2, 0.25) is 0 Å². The lowest BCUT2D eigenvalue weighted by molar-refractivity contribution is -0.120. The molecule has 0 atom stereocenters. The van der Waals surface area contributed by atoms with Gasteiger partial charge in [0.15, 0.2) is 0 Å². The molecule has 8 heteroatoms. The van der Waals surface area contributed by atoms with E-state index in [4.69, 9.17) is 4.42 Å².